The molecule has 4 nitrogen and oxygen atoms in total. The lowest BCUT2D eigenvalue weighted by Crippen LogP contribution is -2.32. The van der Waals surface area contributed by atoms with E-state index in [1.165, 1.54) is 11.1 Å². The van der Waals surface area contributed by atoms with Crippen molar-refractivity contribution in [2.75, 3.05) is 13.1 Å². The van der Waals surface area contributed by atoms with Crippen molar-refractivity contribution in [3.05, 3.63) is 70.8 Å². The molecule has 1 fully saturated rings. The minimum absolute atomic E-state index is 0.0147. The van der Waals surface area contributed by atoms with Crippen LogP contribution in [-0.2, 0) is 18.0 Å². The molecule has 4 rings (SSSR count). The van der Waals surface area contributed by atoms with Crippen LogP contribution >= 0.6 is 0 Å². The second kappa shape index (κ2) is 5.80. The zero-order valence-electron chi connectivity index (χ0n) is 12.9. The molecule has 0 aliphatic carbocycles. The Morgan fingerprint density at radius 3 is 2.65 bits per heavy atom. The van der Waals surface area contributed by atoms with E-state index in [0.29, 0.717) is 26.3 Å². The maximum atomic E-state index is 12.8. The molecule has 2 aliphatic rings. The third-order valence-electron chi connectivity index (χ3n) is 4.85. The van der Waals surface area contributed by atoms with Crippen LogP contribution in [0.15, 0.2) is 48.5 Å². The van der Waals surface area contributed by atoms with Crippen molar-refractivity contribution in [2.24, 2.45) is 5.73 Å². The molecule has 2 aliphatic heterocycles. The van der Waals surface area contributed by atoms with Gasteiger partial charge in [-0.15, -0.1) is 0 Å². The molecule has 23 heavy (non-hydrogen) atoms. The molecule has 4 heteroatoms. The van der Waals surface area contributed by atoms with Crippen LogP contribution in [0.25, 0.3) is 0 Å². The van der Waals surface area contributed by atoms with Gasteiger partial charge >= 0.3 is 0 Å². The summed E-state index contributed by atoms with van der Waals surface area (Å²) in [5.41, 5.74) is 10.5. The van der Waals surface area contributed by atoms with Crippen LogP contribution in [0.3, 0.4) is 0 Å². The Balaban J connectivity index is 1.54. The largest absolute Gasteiger partial charge is 0.372 e. The third kappa shape index (κ3) is 2.64. The number of carbonyl (C=O) groups is 1. The monoisotopic (exact) mass is 308 g/mol. The SMILES string of the molecule is N[C@@H]1CN(C(=O)c2ccc3c(c2)COC3)C[C@H]1c1ccccc1. The fourth-order valence-corrected chi connectivity index (χ4v) is 3.54. The first-order valence-electron chi connectivity index (χ1n) is 8.02. The highest BCUT2D eigenvalue weighted by Gasteiger charge is 2.34. The highest BCUT2D eigenvalue weighted by Crippen LogP contribution is 2.28. The van der Waals surface area contributed by atoms with Gasteiger partial charge in [-0.2, -0.15) is 0 Å². The molecule has 2 aromatic rings. The maximum absolute atomic E-state index is 12.8. The second-order valence-electron chi connectivity index (χ2n) is 6.37. The van der Waals surface area contributed by atoms with E-state index in [-0.39, 0.29) is 17.9 Å². The zero-order valence-corrected chi connectivity index (χ0v) is 12.9. The minimum Gasteiger partial charge on any atom is -0.372 e. The molecular formula is C19H20N2O2. The molecule has 0 bridgehead atoms. The lowest BCUT2D eigenvalue weighted by Gasteiger charge is -2.17. The van der Waals surface area contributed by atoms with Gasteiger partial charge in [-0.25, -0.2) is 0 Å². The zero-order chi connectivity index (χ0) is 15.8. The quantitative estimate of drug-likeness (QED) is 0.926. The fraction of sp³-hybridized carbons (Fsp3) is 0.316. The first kappa shape index (κ1) is 14.4. The topological polar surface area (TPSA) is 55.6 Å². The molecule has 2 N–H and O–H groups in total. The van der Waals surface area contributed by atoms with E-state index in [0.717, 1.165) is 11.1 Å². The van der Waals surface area contributed by atoms with Crippen molar-refractivity contribution in [1.82, 2.24) is 4.90 Å². The van der Waals surface area contributed by atoms with Crippen LogP contribution in [0.4, 0.5) is 0 Å². The predicted molar refractivity (Wildman–Crippen MR) is 88.0 cm³/mol. The highest BCUT2D eigenvalue weighted by atomic mass is 16.5. The van der Waals surface area contributed by atoms with Gasteiger partial charge in [0.15, 0.2) is 0 Å². The van der Waals surface area contributed by atoms with Crippen molar-refractivity contribution < 1.29 is 9.53 Å². The first-order valence-corrected chi connectivity index (χ1v) is 8.02. The van der Waals surface area contributed by atoms with Crippen molar-refractivity contribution >= 4 is 5.91 Å². The van der Waals surface area contributed by atoms with Crippen LogP contribution < -0.4 is 5.73 Å². The summed E-state index contributed by atoms with van der Waals surface area (Å²) in [6, 6.07) is 16.1. The summed E-state index contributed by atoms with van der Waals surface area (Å²) in [6.45, 7) is 2.53. The molecule has 0 radical (unpaired) electrons. The number of hydrogen-bond donors (Lipinski definition) is 1. The van der Waals surface area contributed by atoms with Gasteiger partial charge in [0, 0.05) is 30.6 Å². The average Bonchev–Trinajstić information content (AvgIpc) is 3.20. The third-order valence-corrected chi connectivity index (χ3v) is 4.85. The molecule has 1 saturated heterocycles. The Hall–Kier alpha value is -2.17. The number of benzene rings is 2. The summed E-state index contributed by atoms with van der Waals surface area (Å²) >= 11 is 0. The number of carbonyl (C=O) groups excluding carboxylic acids is 1. The van der Waals surface area contributed by atoms with E-state index >= 15 is 0 Å². The number of nitrogens with zero attached hydrogens (tertiary/aromatic N) is 1. The van der Waals surface area contributed by atoms with Crippen molar-refractivity contribution in [3.8, 4) is 0 Å². The lowest BCUT2D eigenvalue weighted by molar-refractivity contribution is 0.0789. The van der Waals surface area contributed by atoms with Crippen LogP contribution in [0.1, 0.15) is 33.0 Å². The molecule has 0 saturated carbocycles. The smallest absolute Gasteiger partial charge is 0.253 e. The highest BCUT2D eigenvalue weighted by molar-refractivity contribution is 5.94. The summed E-state index contributed by atoms with van der Waals surface area (Å²) in [5.74, 6) is 0.270. The van der Waals surface area contributed by atoms with Gasteiger partial charge < -0.3 is 15.4 Å². The Bertz CT molecular complexity index is 729. The van der Waals surface area contributed by atoms with E-state index in [2.05, 4.69) is 12.1 Å². The molecule has 2 heterocycles. The molecule has 118 valence electrons. The van der Waals surface area contributed by atoms with Gasteiger partial charge in [0.2, 0.25) is 0 Å². The van der Waals surface area contributed by atoms with E-state index < -0.39 is 0 Å². The van der Waals surface area contributed by atoms with Gasteiger partial charge in [-0.3, -0.25) is 4.79 Å². The number of likely N-dealkylation sites (tertiary alicyclic amines) is 1. The molecule has 1 amide bonds. The molecular weight excluding hydrogens is 288 g/mol. The lowest BCUT2D eigenvalue weighted by atomic mass is 9.95. The average molecular weight is 308 g/mol. The van der Waals surface area contributed by atoms with Crippen molar-refractivity contribution in [3.63, 3.8) is 0 Å². The Labute approximate surface area is 135 Å². The fourth-order valence-electron chi connectivity index (χ4n) is 3.54. The van der Waals surface area contributed by atoms with Gasteiger partial charge in [-0.1, -0.05) is 36.4 Å². The number of rotatable bonds is 2. The van der Waals surface area contributed by atoms with E-state index in [1.54, 1.807) is 0 Å². The number of hydrogen-bond acceptors (Lipinski definition) is 3. The first-order chi connectivity index (χ1) is 11.2. The Morgan fingerprint density at radius 1 is 1.04 bits per heavy atom. The van der Waals surface area contributed by atoms with E-state index in [4.69, 9.17) is 10.5 Å². The second-order valence-corrected chi connectivity index (χ2v) is 6.37. The van der Waals surface area contributed by atoms with Crippen LogP contribution in [0, 0.1) is 0 Å². The Morgan fingerprint density at radius 2 is 1.83 bits per heavy atom. The normalized spacial score (nSPS) is 23.1. The minimum atomic E-state index is -0.0147. The summed E-state index contributed by atoms with van der Waals surface area (Å²) in [4.78, 5) is 14.7. The van der Waals surface area contributed by atoms with Gasteiger partial charge in [0.25, 0.3) is 5.91 Å². The van der Waals surface area contributed by atoms with E-state index in [9.17, 15) is 4.79 Å². The Kier molecular flexibility index (Phi) is 3.63. The van der Waals surface area contributed by atoms with Crippen LogP contribution in [-0.4, -0.2) is 29.9 Å². The van der Waals surface area contributed by atoms with Gasteiger partial charge in [0.05, 0.1) is 13.2 Å². The number of nitrogens with two attached hydrogens (primary N) is 1. The molecule has 2 atom stereocenters. The van der Waals surface area contributed by atoms with Crippen molar-refractivity contribution in [1.29, 1.82) is 0 Å². The molecule has 0 unspecified atom stereocenters. The van der Waals surface area contributed by atoms with Crippen LogP contribution in [0.5, 0.6) is 0 Å². The summed E-state index contributed by atoms with van der Waals surface area (Å²) < 4.78 is 5.42. The number of ether oxygens (including phenoxy) is 1. The van der Waals surface area contributed by atoms with Crippen LogP contribution in [0.2, 0.25) is 0 Å². The van der Waals surface area contributed by atoms with Gasteiger partial charge in [-0.05, 0) is 28.8 Å². The molecule has 0 spiro atoms. The molecule has 0 aromatic heterocycles. The van der Waals surface area contributed by atoms with Crippen molar-refractivity contribution in [2.45, 2.75) is 25.2 Å². The summed E-state index contributed by atoms with van der Waals surface area (Å²) in [5, 5.41) is 0. The van der Waals surface area contributed by atoms with E-state index in [1.807, 2.05) is 41.3 Å². The summed E-state index contributed by atoms with van der Waals surface area (Å²) in [6.07, 6.45) is 0. The predicted octanol–water partition coefficient (Wildman–Crippen LogP) is 2.28. The summed E-state index contributed by atoms with van der Waals surface area (Å²) in [7, 11) is 0. The molecule has 2 aromatic carbocycles. The van der Waals surface area contributed by atoms with Gasteiger partial charge in [0.1, 0.15) is 0 Å². The number of amides is 1. The number of fused-ring (bicyclic) bond motifs is 1. The standard InChI is InChI=1S/C19H20N2O2/c20-18-10-21(9-17(18)13-4-2-1-3-5-13)19(22)14-6-7-15-11-23-12-16(15)8-14/h1-8,17-18H,9-12,20H2/t17-,18+/m0/s1. The maximum Gasteiger partial charge on any atom is 0.253 e.